The summed E-state index contributed by atoms with van der Waals surface area (Å²) in [5.74, 6) is 5.32. The quantitative estimate of drug-likeness (QED) is 0.435. The maximum Gasteiger partial charge on any atom is 0.285 e. The standard InChI is InChI=1S/C20H22N4O/c1-13(2)15-6-8-16(9-7-15)19-12-18(20(25)22-21)23-24(19)17-10-4-14(3)5-11-17/h4-13H,21H2,1-3H3,(H,22,25). The van der Waals surface area contributed by atoms with Gasteiger partial charge in [0.15, 0.2) is 5.69 Å². The Morgan fingerprint density at radius 2 is 1.72 bits per heavy atom. The van der Waals surface area contributed by atoms with Gasteiger partial charge in [-0.3, -0.25) is 10.2 Å². The fraction of sp³-hybridized carbons (Fsp3) is 0.200. The van der Waals surface area contributed by atoms with Crippen LogP contribution in [-0.2, 0) is 0 Å². The van der Waals surface area contributed by atoms with Crippen molar-refractivity contribution in [1.29, 1.82) is 0 Å². The van der Waals surface area contributed by atoms with E-state index in [-0.39, 0.29) is 5.69 Å². The lowest BCUT2D eigenvalue weighted by Gasteiger charge is -2.10. The molecule has 0 aliphatic heterocycles. The first kappa shape index (κ1) is 16.9. The first-order valence-electron chi connectivity index (χ1n) is 8.28. The fourth-order valence-electron chi connectivity index (χ4n) is 2.69. The molecule has 0 atom stereocenters. The summed E-state index contributed by atoms with van der Waals surface area (Å²) >= 11 is 0. The minimum absolute atomic E-state index is 0.283. The molecule has 0 spiro atoms. The summed E-state index contributed by atoms with van der Waals surface area (Å²) in [6.07, 6.45) is 0. The number of hydrazine groups is 1. The van der Waals surface area contributed by atoms with Gasteiger partial charge in [-0.25, -0.2) is 10.5 Å². The van der Waals surface area contributed by atoms with Crippen LogP contribution < -0.4 is 11.3 Å². The van der Waals surface area contributed by atoms with Crippen molar-refractivity contribution >= 4 is 5.91 Å². The SMILES string of the molecule is Cc1ccc(-n2nc(C(=O)NN)cc2-c2ccc(C(C)C)cc2)cc1. The molecule has 25 heavy (non-hydrogen) atoms. The molecule has 2 aromatic carbocycles. The lowest BCUT2D eigenvalue weighted by atomic mass is 10.0. The van der Waals surface area contributed by atoms with E-state index in [0.717, 1.165) is 16.9 Å². The molecule has 0 aliphatic carbocycles. The van der Waals surface area contributed by atoms with Crippen LogP contribution in [0.3, 0.4) is 0 Å². The highest BCUT2D eigenvalue weighted by molar-refractivity contribution is 5.93. The predicted octanol–water partition coefficient (Wildman–Crippen LogP) is 3.57. The van der Waals surface area contributed by atoms with Gasteiger partial charge in [0.2, 0.25) is 0 Å². The number of nitrogens with one attached hydrogen (secondary N) is 1. The van der Waals surface area contributed by atoms with Crippen LogP contribution >= 0.6 is 0 Å². The van der Waals surface area contributed by atoms with Crippen molar-refractivity contribution < 1.29 is 4.79 Å². The Kier molecular flexibility index (Phi) is 4.67. The molecule has 0 radical (unpaired) electrons. The number of benzene rings is 2. The Bertz CT molecular complexity index is 877. The molecule has 0 aliphatic rings. The Morgan fingerprint density at radius 3 is 2.28 bits per heavy atom. The summed E-state index contributed by atoms with van der Waals surface area (Å²) in [5, 5.41) is 4.44. The van der Waals surface area contributed by atoms with Crippen molar-refractivity contribution in [1.82, 2.24) is 15.2 Å². The highest BCUT2D eigenvalue weighted by Crippen LogP contribution is 2.26. The van der Waals surface area contributed by atoms with E-state index in [1.54, 1.807) is 10.7 Å². The Morgan fingerprint density at radius 1 is 1.08 bits per heavy atom. The number of nitrogens with zero attached hydrogens (tertiary/aromatic N) is 2. The molecule has 128 valence electrons. The van der Waals surface area contributed by atoms with Gasteiger partial charge < -0.3 is 0 Å². The largest absolute Gasteiger partial charge is 0.289 e. The van der Waals surface area contributed by atoms with Crippen LogP contribution in [0.1, 0.15) is 41.4 Å². The summed E-state index contributed by atoms with van der Waals surface area (Å²) in [5.41, 5.74) is 7.59. The van der Waals surface area contributed by atoms with Crippen LogP contribution in [0.2, 0.25) is 0 Å². The molecule has 0 saturated carbocycles. The van der Waals surface area contributed by atoms with E-state index in [1.165, 1.54) is 11.1 Å². The molecule has 0 fully saturated rings. The Hall–Kier alpha value is -2.92. The van der Waals surface area contributed by atoms with E-state index >= 15 is 0 Å². The molecule has 0 bridgehead atoms. The molecule has 0 saturated heterocycles. The van der Waals surface area contributed by atoms with Crippen molar-refractivity contribution in [3.63, 3.8) is 0 Å². The number of hydrogen-bond acceptors (Lipinski definition) is 3. The number of nitrogens with two attached hydrogens (primary N) is 1. The molecular weight excluding hydrogens is 312 g/mol. The molecule has 1 aromatic heterocycles. The number of aryl methyl sites for hydroxylation is 1. The van der Waals surface area contributed by atoms with Gasteiger partial charge in [-0.15, -0.1) is 0 Å². The molecule has 3 rings (SSSR count). The first-order chi connectivity index (χ1) is 12.0. The van der Waals surface area contributed by atoms with Crippen LogP contribution in [0.15, 0.2) is 54.6 Å². The molecule has 1 heterocycles. The van der Waals surface area contributed by atoms with Crippen LogP contribution in [0.5, 0.6) is 0 Å². The van der Waals surface area contributed by atoms with Crippen molar-refractivity contribution in [2.24, 2.45) is 5.84 Å². The lowest BCUT2D eigenvalue weighted by molar-refractivity contribution is 0.0948. The zero-order valence-corrected chi connectivity index (χ0v) is 14.7. The Labute approximate surface area is 147 Å². The highest BCUT2D eigenvalue weighted by atomic mass is 16.2. The number of carbonyl (C=O) groups excluding carboxylic acids is 1. The van der Waals surface area contributed by atoms with Crippen LogP contribution in [0.25, 0.3) is 16.9 Å². The van der Waals surface area contributed by atoms with Gasteiger partial charge >= 0.3 is 0 Å². The van der Waals surface area contributed by atoms with Crippen LogP contribution in [-0.4, -0.2) is 15.7 Å². The van der Waals surface area contributed by atoms with E-state index < -0.39 is 5.91 Å². The maximum absolute atomic E-state index is 11.9. The van der Waals surface area contributed by atoms with Gasteiger partial charge in [0.1, 0.15) is 0 Å². The summed E-state index contributed by atoms with van der Waals surface area (Å²) in [4.78, 5) is 11.9. The second-order valence-corrected chi connectivity index (χ2v) is 6.41. The summed E-state index contributed by atoms with van der Waals surface area (Å²) < 4.78 is 1.77. The third-order valence-electron chi connectivity index (χ3n) is 4.22. The monoisotopic (exact) mass is 334 g/mol. The molecule has 3 N–H and O–H groups in total. The van der Waals surface area contributed by atoms with E-state index in [1.807, 2.05) is 31.2 Å². The topological polar surface area (TPSA) is 72.9 Å². The minimum Gasteiger partial charge on any atom is -0.289 e. The second kappa shape index (κ2) is 6.91. The van der Waals surface area contributed by atoms with Gasteiger partial charge in [-0.2, -0.15) is 5.10 Å². The molecule has 5 nitrogen and oxygen atoms in total. The van der Waals surface area contributed by atoms with E-state index in [2.05, 4.69) is 48.6 Å². The number of aromatic nitrogens is 2. The number of amides is 1. The number of hydrogen-bond donors (Lipinski definition) is 2. The normalized spacial score (nSPS) is 10.9. The van der Waals surface area contributed by atoms with Crippen LogP contribution in [0, 0.1) is 6.92 Å². The molecule has 1 amide bonds. The fourth-order valence-corrected chi connectivity index (χ4v) is 2.69. The van der Waals surface area contributed by atoms with Gasteiger partial charge in [-0.1, -0.05) is 55.8 Å². The average molecular weight is 334 g/mol. The highest BCUT2D eigenvalue weighted by Gasteiger charge is 2.16. The van der Waals surface area contributed by atoms with Gasteiger partial charge in [0.25, 0.3) is 5.91 Å². The van der Waals surface area contributed by atoms with E-state index in [0.29, 0.717) is 5.92 Å². The number of carbonyl (C=O) groups is 1. The van der Waals surface area contributed by atoms with Crippen molar-refractivity contribution in [2.75, 3.05) is 0 Å². The summed E-state index contributed by atoms with van der Waals surface area (Å²) in [6, 6.07) is 18.1. The van der Waals surface area contributed by atoms with Gasteiger partial charge in [0, 0.05) is 5.56 Å². The van der Waals surface area contributed by atoms with Crippen LogP contribution in [0.4, 0.5) is 0 Å². The second-order valence-electron chi connectivity index (χ2n) is 6.41. The van der Waals surface area contributed by atoms with Gasteiger partial charge in [0.05, 0.1) is 11.4 Å². The first-order valence-corrected chi connectivity index (χ1v) is 8.28. The van der Waals surface area contributed by atoms with Gasteiger partial charge in [-0.05, 0) is 36.6 Å². The van der Waals surface area contributed by atoms with Crippen molar-refractivity contribution in [3.8, 4) is 16.9 Å². The zero-order chi connectivity index (χ0) is 18.0. The van der Waals surface area contributed by atoms with E-state index in [4.69, 9.17) is 5.84 Å². The third kappa shape index (κ3) is 3.46. The maximum atomic E-state index is 11.9. The zero-order valence-electron chi connectivity index (χ0n) is 14.7. The Balaban J connectivity index is 2.11. The van der Waals surface area contributed by atoms with E-state index in [9.17, 15) is 4.79 Å². The third-order valence-corrected chi connectivity index (χ3v) is 4.22. The summed E-state index contributed by atoms with van der Waals surface area (Å²) in [6.45, 7) is 6.36. The predicted molar refractivity (Wildman–Crippen MR) is 99.5 cm³/mol. The molecular formula is C20H22N4O. The minimum atomic E-state index is -0.411. The van der Waals surface area contributed by atoms with Crippen molar-refractivity contribution in [3.05, 3.63) is 71.4 Å². The lowest BCUT2D eigenvalue weighted by Crippen LogP contribution is -2.30. The number of rotatable bonds is 4. The summed E-state index contributed by atoms with van der Waals surface area (Å²) in [7, 11) is 0. The molecule has 3 aromatic rings. The molecule has 5 heteroatoms. The number of nitrogen functional groups attached to an aromatic ring is 1. The average Bonchev–Trinajstić information content (AvgIpc) is 3.07. The smallest absolute Gasteiger partial charge is 0.285 e. The van der Waals surface area contributed by atoms with Crippen molar-refractivity contribution in [2.45, 2.75) is 26.7 Å². The molecule has 0 unspecified atom stereocenters.